The molecule has 1 unspecified atom stereocenters. The molecule has 0 amide bonds. The van der Waals surface area contributed by atoms with Crippen molar-refractivity contribution < 1.29 is 4.39 Å². The van der Waals surface area contributed by atoms with Gasteiger partial charge in [-0.3, -0.25) is 4.99 Å². The van der Waals surface area contributed by atoms with Crippen molar-refractivity contribution in [3.63, 3.8) is 0 Å². The number of aliphatic imine (C=N–C) groups is 1. The van der Waals surface area contributed by atoms with E-state index in [4.69, 9.17) is 0 Å². The summed E-state index contributed by atoms with van der Waals surface area (Å²) in [5.74, 6) is -0.221. The summed E-state index contributed by atoms with van der Waals surface area (Å²) in [5, 5.41) is 0.896. The van der Waals surface area contributed by atoms with E-state index in [1.807, 2.05) is 10.8 Å². The highest BCUT2D eigenvalue weighted by molar-refractivity contribution is 9.10. The van der Waals surface area contributed by atoms with Crippen LogP contribution in [-0.4, -0.2) is 20.9 Å². The molecule has 1 aromatic heterocycles. The minimum absolute atomic E-state index is 0.207. The molecule has 0 spiro atoms. The number of halogens is 2. The summed E-state index contributed by atoms with van der Waals surface area (Å²) in [7, 11) is 0. The fourth-order valence-corrected chi connectivity index (χ4v) is 3.16. The van der Waals surface area contributed by atoms with Gasteiger partial charge in [0.1, 0.15) is 10.9 Å². The maximum Gasteiger partial charge on any atom is 0.128 e. The number of rotatable bonds is 1. The van der Waals surface area contributed by atoms with Gasteiger partial charge in [0, 0.05) is 10.0 Å². The summed E-state index contributed by atoms with van der Waals surface area (Å²) in [6.07, 6.45) is 5.53. The number of nitrogens with zero attached hydrogens (tertiary/aromatic N) is 3. The van der Waals surface area contributed by atoms with Gasteiger partial charge < -0.3 is 4.57 Å². The van der Waals surface area contributed by atoms with Crippen molar-refractivity contribution in [1.82, 2.24) is 9.55 Å². The van der Waals surface area contributed by atoms with E-state index in [1.165, 1.54) is 6.07 Å². The molecule has 2 heterocycles. The molecule has 0 saturated heterocycles. The van der Waals surface area contributed by atoms with Crippen molar-refractivity contribution in [2.45, 2.75) is 12.6 Å². The second-order valence-corrected chi connectivity index (χ2v) is 5.96. The Bertz CT molecular complexity index is 653. The minimum Gasteiger partial charge on any atom is -0.326 e. The van der Waals surface area contributed by atoms with Crippen molar-refractivity contribution in [1.29, 1.82) is 0 Å². The molecule has 1 atom stereocenters. The number of aromatic nitrogens is 2. The Kier molecular flexibility index (Phi) is 3.45. The fourth-order valence-electron chi connectivity index (χ4n) is 2.17. The molecule has 98 valence electrons. The zero-order valence-corrected chi connectivity index (χ0v) is 12.6. The molecule has 6 heteroatoms. The number of thioether (sulfide) groups is 1. The molecule has 0 saturated carbocycles. The molecule has 0 radical (unpaired) electrons. The Morgan fingerprint density at radius 1 is 1.47 bits per heavy atom. The number of hydrogen-bond acceptors (Lipinski definition) is 3. The predicted molar refractivity (Wildman–Crippen MR) is 79.1 cm³/mol. The first-order valence-electron chi connectivity index (χ1n) is 5.76. The first kappa shape index (κ1) is 12.9. The van der Waals surface area contributed by atoms with Crippen LogP contribution < -0.4 is 0 Å². The molecule has 0 aliphatic carbocycles. The van der Waals surface area contributed by atoms with E-state index in [1.54, 1.807) is 36.4 Å². The van der Waals surface area contributed by atoms with Gasteiger partial charge in [-0.1, -0.05) is 15.9 Å². The Hall–Kier alpha value is -1.14. The molecule has 3 rings (SSSR count). The van der Waals surface area contributed by atoms with E-state index < -0.39 is 0 Å². The van der Waals surface area contributed by atoms with Gasteiger partial charge in [0.2, 0.25) is 0 Å². The minimum atomic E-state index is -0.221. The normalized spacial score (nSPS) is 18.1. The Morgan fingerprint density at radius 3 is 3.11 bits per heavy atom. The van der Waals surface area contributed by atoms with Gasteiger partial charge in [-0.2, -0.15) is 0 Å². The van der Waals surface area contributed by atoms with Crippen molar-refractivity contribution in [2.24, 2.45) is 4.99 Å². The van der Waals surface area contributed by atoms with Crippen molar-refractivity contribution in [2.75, 3.05) is 6.26 Å². The summed E-state index contributed by atoms with van der Waals surface area (Å²) in [4.78, 5) is 8.78. The van der Waals surface area contributed by atoms with Crippen LogP contribution in [0.2, 0.25) is 0 Å². The van der Waals surface area contributed by atoms with Crippen LogP contribution in [0.5, 0.6) is 0 Å². The van der Waals surface area contributed by atoms with Gasteiger partial charge in [0.05, 0.1) is 30.8 Å². The molecule has 1 aliphatic rings. The smallest absolute Gasteiger partial charge is 0.128 e. The topological polar surface area (TPSA) is 30.2 Å². The summed E-state index contributed by atoms with van der Waals surface area (Å²) in [6, 6.07) is 4.76. The summed E-state index contributed by atoms with van der Waals surface area (Å²) < 4.78 is 16.8. The second kappa shape index (κ2) is 5.09. The molecular weight excluding hydrogens is 329 g/mol. The van der Waals surface area contributed by atoms with Crippen LogP contribution in [0.3, 0.4) is 0 Å². The predicted octanol–water partition coefficient (Wildman–Crippen LogP) is 3.65. The van der Waals surface area contributed by atoms with E-state index in [2.05, 4.69) is 25.9 Å². The van der Waals surface area contributed by atoms with Crippen LogP contribution in [-0.2, 0) is 6.54 Å². The number of imidazole rings is 1. The standard InChI is InChI=1S/C13H11BrFN3S/c1-19-13-12-5-16-7-18(12)6-11(17-13)9-4-8(14)2-3-10(9)15/h2-5,7,11H,6H2,1H3. The molecule has 1 aliphatic heterocycles. The SMILES string of the molecule is CSC1=NC(c2cc(Br)ccc2F)Cn2cncc21. The van der Waals surface area contributed by atoms with Gasteiger partial charge in [-0.05, 0) is 24.5 Å². The molecule has 2 aromatic rings. The van der Waals surface area contributed by atoms with E-state index in [-0.39, 0.29) is 11.9 Å². The molecule has 0 bridgehead atoms. The van der Waals surface area contributed by atoms with Crippen LogP contribution in [0.1, 0.15) is 17.3 Å². The highest BCUT2D eigenvalue weighted by atomic mass is 79.9. The van der Waals surface area contributed by atoms with Crippen LogP contribution in [0.25, 0.3) is 0 Å². The highest BCUT2D eigenvalue weighted by Crippen LogP contribution is 2.31. The average Bonchev–Trinajstić information content (AvgIpc) is 2.88. The summed E-state index contributed by atoms with van der Waals surface area (Å²) >= 11 is 4.94. The van der Waals surface area contributed by atoms with Gasteiger partial charge >= 0.3 is 0 Å². The maximum atomic E-state index is 14.0. The van der Waals surface area contributed by atoms with E-state index in [9.17, 15) is 4.39 Å². The van der Waals surface area contributed by atoms with Gasteiger partial charge in [-0.25, -0.2) is 9.37 Å². The van der Waals surface area contributed by atoms with E-state index >= 15 is 0 Å². The molecule has 0 N–H and O–H groups in total. The van der Waals surface area contributed by atoms with Crippen LogP contribution in [0.15, 0.2) is 40.2 Å². The van der Waals surface area contributed by atoms with Crippen molar-refractivity contribution in [3.8, 4) is 0 Å². The van der Waals surface area contributed by atoms with Crippen LogP contribution >= 0.6 is 27.7 Å². The third-order valence-corrected chi connectivity index (χ3v) is 4.28. The molecule has 1 aromatic carbocycles. The first-order chi connectivity index (χ1) is 9.19. The zero-order chi connectivity index (χ0) is 13.4. The number of fused-ring (bicyclic) bond motifs is 1. The average molecular weight is 340 g/mol. The first-order valence-corrected chi connectivity index (χ1v) is 7.78. The third-order valence-electron chi connectivity index (χ3n) is 3.08. The number of benzene rings is 1. The zero-order valence-electron chi connectivity index (χ0n) is 10.2. The Morgan fingerprint density at radius 2 is 2.32 bits per heavy atom. The molecular formula is C13H11BrFN3S. The van der Waals surface area contributed by atoms with E-state index in [0.29, 0.717) is 12.1 Å². The lowest BCUT2D eigenvalue weighted by molar-refractivity contribution is 0.523. The lowest BCUT2D eigenvalue weighted by Gasteiger charge is -2.22. The number of hydrogen-bond donors (Lipinski definition) is 0. The molecule has 19 heavy (non-hydrogen) atoms. The Labute approximate surface area is 123 Å². The second-order valence-electron chi connectivity index (χ2n) is 4.25. The van der Waals surface area contributed by atoms with Gasteiger partial charge in [-0.15, -0.1) is 11.8 Å². The summed E-state index contributed by atoms with van der Waals surface area (Å²) in [6.45, 7) is 0.618. The van der Waals surface area contributed by atoms with Crippen LogP contribution in [0, 0.1) is 5.82 Å². The highest BCUT2D eigenvalue weighted by Gasteiger charge is 2.24. The lowest BCUT2D eigenvalue weighted by atomic mass is 10.1. The van der Waals surface area contributed by atoms with Crippen molar-refractivity contribution in [3.05, 3.63) is 52.3 Å². The quantitative estimate of drug-likeness (QED) is 0.793. The summed E-state index contributed by atoms with van der Waals surface area (Å²) in [5.41, 5.74) is 1.61. The van der Waals surface area contributed by atoms with E-state index in [0.717, 1.165) is 15.2 Å². The van der Waals surface area contributed by atoms with Crippen LogP contribution in [0.4, 0.5) is 4.39 Å². The monoisotopic (exact) mass is 339 g/mol. The fraction of sp³-hybridized carbons (Fsp3) is 0.231. The lowest BCUT2D eigenvalue weighted by Crippen LogP contribution is -2.19. The molecule has 3 nitrogen and oxygen atoms in total. The van der Waals surface area contributed by atoms with Crippen molar-refractivity contribution >= 4 is 32.7 Å². The Balaban J connectivity index is 2.06. The largest absolute Gasteiger partial charge is 0.326 e. The van der Waals surface area contributed by atoms with Gasteiger partial charge in [0.15, 0.2) is 0 Å². The maximum absolute atomic E-state index is 14.0. The third kappa shape index (κ3) is 2.34. The molecule has 0 fully saturated rings. The van der Waals surface area contributed by atoms with Gasteiger partial charge in [0.25, 0.3) is 0 Å².